The highest BCUT2D eigenvalue weighted by Crippen LogP contribution is 2.32. The van der Waals surface area contributed by atoms with Crippen LogP contribution in [0.4, 0.5) is 0 Å². The standard InChI is InChI=1S/C17H33NO/c1-3-17(4-2)14-16(12-13-19-17)18-15-10-8-6-5-7-9-11-15/h15-16,18H,3-14H2,1-2H3. The molecule has 2 fully saturated rings. The largest absolute Gasteiger partial charge is 0.375 e. The normalized spacial score (nSPS) is 29.7. The molecule has 2 rings (SSSR count). The van der Waals surface area contributed by atoms with Gasteiger partial charge in [0.15, 0.2) is 0 Å². The van der Waals surface area contributed by atoms with Crippen molar-refractivity contribution in [3.63, 3.8) is 0 Å². The lowest BCUT2D eigenvalue weighted by atomic mass is 9.85. The molecule has 0 aromatic carbocycles. The first-order valence-corrected chi connectivity index (χ1v) is 8.68. The zero-order valence-electron chi connectivity index (χ0n) is 13.0. The predicted molar refractivity (Wildman–Crippen MR) is 81.5 cm³/mol. The molecule has 19 heavy (non-hydrogen) atoms. The molecule has 0 amide bonds. The van der Waals surface area contributed by atoms with E-state index in [0.717, 1.165) is 25.5 Å². The highest BCUT2D eigenvalue weighted by atomic mass is 16.5. The lowest BCUT2D eigenvalue weighted by Gasteiger charge is -2.41. The molecule has 1 aliphatic heterocycles. The van der Waals surface area contributed by atoms with E-state index in [1.807, 2.05) is 0 Å². The van der Waals surface area contributed by atoms with Crippen molar-refractivity contribution in [3.8, 4) is 0 Å². The molecule has 2 aliphatic rings. The summed E-state index contributed by atoms with van der Waals surface area (Å²) in [5, 5.41) is 3.97. The highest BCUT2D eigenvalue weighted by molar-refractivity contribution is 4.89. The predicted octanol–water partition coefficient (Wildman–Crippen LogP) is 4.43. The first kappa shape index (κ1) is 15.3. The Balaban J connectivity index is 1.83. The van der Waals surface area contributed by atoms with Gasteiger partial charge >= 0.3 is 0 Å². The summed E-state index contributed by atoms with van der Waals surface area (Å²) < 4.78 is 6.09. The second-order valence-electron chi connectivity index (χ2n) is 6.64. The summed E-state index contributed by atoms with van der Waals surface area (Å²) in [4.78, 5) is 0. The van der Waals surface area contributed by atoms with Gasteiger partial charge < -0.3 is 10.1 Å². The highest BCUT2D eigenvalue weighted by Gasteiger charge is 2.35. The molecule has 1 N–H and O–H groups in total. The molecular weight excluding hydrogens is 234 g/mol. The number of hydrogen-bond donors (Lipinski definition) is 1. The maximum absolute atomic E-state index is 6.09. The van der Waals surface area contributed by atoms with Crippen LogP contribution in [-0.4, -0.2) is 24.3 Å². The van der Waals surface area contributed by atoms with Gasteiger partial charge in [0.1, 0.15) is 0 Å². The minimum Gasteiger partial charge on any atom is -0.375 e. The van der Waals surface area contributed by atoms with Crippen molar-refractivity contribution in [1.29, 1.82) is 0 Å². The fourth-order valence-corrected chi connectivity index (χ4v) is 3.87. The zero-order valence-corrected chi connectivity index (χ0v) is 13.0. The first-order chi connectivity index (χ1) is 9.28. The maximum atomic E-state index is 6.09. The summed E-state index contributed by atoms with van der Waals surface area (Å²) in [5.74, 6) is 0. The number of rotatable bonds is 4. The molecule has 1 aliphatic carbocycles. The molecule has 2 heteroatoms. The lowest BCUT2D eigenvalue weighted by Crippen LogP contribution is -2.49. The molecule has 1 saturated heterocycles. The number of nitrogens with one attached hydrogen (secondary N) is 1. The topological polar surface area (TPSA) is 21.3 Å². The van der Waals surface area contributed by atoms with Crippen molar-refractivity contribution in [2.24, 2.45) is 0 Å². The maximum Gasteiger partial charge on any atom is 0.0692 e. The average molecular weight is 267 g/mol. The van der Waals surface area contributed by atoms with Gasteiger partial charge in [-0.15, -0.1) is 0 Å². The van der Waals surface area contributed by atoms with Crippen molar-refractivity contribution in [2.45, 2.75) is 102 Å². The van der Waals surface area contributed by atoms with Crippen LogP contribution in [-0.2, 0) is 4.74 Å². The first-order valence-electron chi connectivity index (χ1n) is 8.68. The van der Waals surface area contributed by atoms with Crippen molar-refractivity contribution in [1.82, 2.24) is 5.32 Å². The Labute approximate surface area is 119 Å². The minimum atomic E-state index is 0.164. The molecule has 112 valence electrons. The fraction of sp³-hybridized carbons (Fsp3) is 1.00. The Bertz CT molecular complexity index is 242. The Kier molecular flexibility index (Phi) is 6.15. The van der Waals surface area contributed by atoms with Gasteiger partial charge in [0.2, 0.25) is 0 Å². The minimum absolute atomic E-state index is 0.164. The van der Waals surface area contributed by atoms with Crippen LogP contribution >= 0.6 is 0 Å². The molecule has 1 heterocycles. The molecular formula is C17H33NO. The van der Waals surface area contributed by atoms with Crippen LogP contribution in [0.15, 0.2) is 0 Å². The Morgan fingerprint density at radius 1 is 0.895 bits per heavy atom. The smallest absolute Gasteiger partial charge is 0.0692 e. The van der Waals surface area contributed by atoms with Crippen LogP contribution in [0.5, 0.6) is 0 Å². The van der Waals surface area contributed by atoms with E-state index in [9.17, 15) is 0 Å². The summed E-state index contributed by atoms with van der Waals surface area (Å²) >= 11 is 0. The summed E-state index contributed by atoms with van der Waals surface area (Å²) in [7, 11) is 0. The number of hydrogen-bond acceptors (Lipinski definition) is 2. The average Bonchev–Trinajstić information content (AvgIpc) is 2.42. The van der Waals surface area contributed by atoms with E-state index in [4.69, 9.17) is 4.74 Å². The Hall–Kier alpha value is -0.0800. The second-order valence-corrected chi connectivity index (χ2v) is 6.64. The quantitative estimate of drug-likeness (QED) is 0.813. The van der Waals surface area contributed by atoms with Crippen LogP contribution in [0.3, 0.4) is 0 Å². The summed E-state index contributed by atoms with van der Waals surface area (Å²) in [6, 6.07) is 1.47. The van der Waals surface area contributed by atoms with E-state index in [1.165, 1.54) is 57.8 Å². The molecule has 0 aromatic heterocycles. The van der Waals surface area contributed by atoms with Gasteiger partial charge in [-0.3, -0.25) is 0 Å². The van der Waals surface area contributed by atoms with Gasteiger partial charge in [-0.2, -0.15) is 0 Å². The fourth-order valence-electron chi connectivity index (χ4n) is 3.87. The van der Waals surface area contributed by atoms with E-state index in [1.54, 1.807) is 0 Å². The van der Waals surface area contributed by atoms with Gasteiger partial charge in [-0.25, -0.2) is 0 Å². The van der Waals surface area contributed by atoms with Crippen molar-refractivity contribution in [3.05, 3.63) is 0 Å². The van der Waals surface area contributed by atoms with Crippen LogP contribution in [0.1, 0.15) is 84.5 Å². The van der Waals surface area contributed by atoms with Crippen molar-refractivity contribution in [2.75, 3.05) is 6.61 Å². The lowest BCUT2D eigenvalue weighted by molar-refractivity contribution is -0.0943. The summed E-state index contributed by atoms with van der Waals surface area (Å²) in [6.07, 6.45) is 14.7. The molecule has 2 nitrogen and oxygen atoms in total. The molecule has 1 unspecified atom stereocenters. The van der Waals surface area contributed by atoms with E-state index in [-0.39, 0.29) is 5.60 Å². The SMILES string of the molecule is CCC1(CC)CC(NC2CCCCCCC2)CCO1. The third-order valence-electron chi connectivity index (χ3n) is 5.36. The van der Waals surface area contributed by atoms with Gasteiger partial charge in [0.25, 0.3) is 0 Å². The number of ether oxygens (including phenoxy) is 1. The summed E-state index contributed by atoms with van der Waals surface area (Å²) in [5.41, 5.74) is 0.164. The second kappa shape index (κ2) is 7.64. The van der Waals surface area contributed by atoms with Gasteiger partial charge in [-0.1, -0.05) is 46.0 Å². The van der Waals surface area contributed by atoms with E-state index < -0.39 is 0 Å². The molecule has 0 aromatic rings. The van der Waals surface area contributed by atoms with Crippen LogP contribution in [0, 0.1) is 0 Å². The van der Waals surface area contributed by atoms with Gasteiger partial charge in [0.05, 0.1) is 5.60 Å². The van der Waals surface area contributed by atoms with Crippen molar-refractivity contribution < 1.29 is 4.74 Å². The Morgan fingerprint density at radius 2 is 1.53 bits per heavy atom. The van der Waals surface area contributed by atoms with E-state index in [2.05, 4.69) is 19.2 Å². The Morgan fingerprint density at radius 3 is 2.16 bits per heavy atom. The van der Waals surface area contributed by atoms with Crippen LogP contribution in [0.2, 0.25) is 0 Å². The molecule has 0 spiro atoms. The molecule has 1 saturated carbocycles. The van der Waals surface area contributed by atoms with Crippen LogP contribution < -0.4 is 5.32 Å². The van der Waals surface area contributed by atoms with E-state index >= 15 is 0 Å². The van der Waals surface area contributed by atoms with Gasteiger partial charge in [0, 0.05) is 18.7 Å². The molecule has 0 bridgehead atoms. The van der Waals surface area contributed by atoms with E-state index in [0.29, 0.717) is 6.04 Å². The summed E-state index contributed by atoms with van der Waals surface area (Å²) in [6.45, 7) is 5.51. The zero-order chi connectivity index (χ0) is 13.6. The van der Waals surface area contributed by atoms with Crippen LogP contribution in [0.25, 0.3) is 0 Å². The monoisotopic (exact) mass is 267 g/mol. The molecule has 1 atom stereocenters. The van der Waals surface area contributed by atoms with Gasteiger partial charge in [-0.05, 0) is 38.5 Å². The van der Waals surface area contributed by atoms with Crippen molar-refractivity contribution >= 4 is 0 Å². The third-order valence-corrected chi connectivity index (χ3v) is 5.36. The molecule has 0 radical (unpaired) electrons. The third kappa shape index (κ3) is 4.46.